The van der Waals surface area contributed by atoms with E-state index in [1.54, 1.807) is 14.2 Å². The van der Waals surface area contributed by atoms with Gasteiger partial charge in [-0.15, -0.1) is 0 Å². The second-order valence-corrected chi connectivity index (χ2v) is 5.13. The molecule has 0 saturated carbocycles. The maximum Gasteiger partial charge on any atom is 0.249 e. The maximum atomic E-state index is 12.5. The number of amides is 1. The molecule has 0 radical (unpaired) electrons. The van der Waals surface area contributed by atoms with Crippen LogP contribution in [0.4, 0.5) is 11.4 Å². The first-order valence-electron chi connectivity index (χ1n) is 6.89. The van der Waals surface area contributed by atoms with E-state index in [4.69, 9.17) is 9.47 Å². The van der Waals surface area contributed by atoms with Gasteiger partial charge in [-0.2, -0.15) is 0 Å². The molecule has 0 saturated heterocycles. The molecule has 110 valence electrons. The average Bonchev–Trinajstić information content (AvgIpc) is 2.44. The van der Waals surface area contributed by atoms with Gasteiger partial charge in [0.2, 0.25) is 5.91 Å². The van der Waals surface area contributed by atoms with E-state index in [9.17, 15) is 4.79 Å². The van der Waals surface area contributed by atoms with Gasteiger partial charge in [-0.05, 0) is 20.3 Å². The normalized spacial score (nSPS) is 17.8. The SMILES string of the molecule is CCC1Nc2cc(OC)c(OC)cc2N(C(C)C)C1=O. The third-order valence-electron chi connectivity index (χ3n) is 3.55. The number of rotatable bonds is 4. The fourth-order valence-electron chi connectivity index (χ4n) is 2.53. The predicted molar refractivity (Wildman–Crippen MR) is 79.9 cm³/mol. The van der Waals surface area contributed by atoms with Gasteiger partial charge in [-0.25, -0.2) is 0 Å². The zero-order chi connectivity index (χ0) is 14.9. The summed E-state index contributed by atoms with van der Waals surface area (Å²) < 4.78 is 10.7. The highest BCUT2D eigenvalue weighted by atomic mass is 16.5. The van der Waals surface area contributed by atoms with E-state index in [1.165, 1.54) is 0 Å². The van der Waals surface area contributed by atoms with Crippen LogP contribution in [0, 0.1) is 0 Å². The fourth-order valence-corrected chi connectivity index (χ4v) is 2.53. The van der Waals surface area contributed by atoms with Crippen LogP contribution in [-0.2, 0) is 4.79 Å². The van der Waals surface area contributed by atoms with Crippen LogP contribution in [0.2, 0.25) is 0 Å². The molecule has 0 spiro atoms. The predicted octanol–water partition coefficient (Wildman–Crippen LogP) is 2.65. The first kappa shape index (κ1) is 14.5. The van der Waals surface area contributed by atoms with Crippen molar-refractivity contribution in [3.05, 3.63) is 12.1 Å². The van der Waals surface area contributed by atoms with Gasteiger partial charge in [-0.1, -0.05) is 6.92 Å². The van der Waals surface area contributed by atoms with E-state index in [2.05, 4.69) is 5.32 Å². The highest BCUT2D eigenvalue weighted by Crippen LogP contribution is 2.41. The minimum atomic E-state index is -0.192. The lowest BCUT2D eigenvalue weighted by molar-refractivity contribution is -0.120. The number of anilines is 2. The number of benzene rings is 1. The Balaban J connectivity index is 2.57. The number of hydrogen-bond donors (Lipinski definition) is 1. The Morgan fingerprint density at radius 3 is 2.35 bits per heavy atom. The molecule has 1 unspecified atom stereocenters. The van der Waals surface area contributed by atoms with Crippen LogP contribution in [0.1, 0.15) is 27.2 Å². The first-order chi connectivity index (χ1) is 9.53. The molecule has 1 aliphatic rings. The molecule has 1 heterocycles. The number of methoxy groups -OCH3 is 2. The van der Waals surface area contributed by atoms with E-state index in [1.807, 2.05) is 37.8 Å². The molecule has 5 heteroatoms. The van der Waals surface area contributed by atoms with Gasteiger partial charge in [-0.3, -0.25) is 4.79 Å². The Morgan fingerprint density at radius 1 is 1.25 bits per heavy atom. The van der Waals surface area contributed by atoms with Crippen LogP contribution in [-0.4, -0.2) is 32.2 Å². The quantitative estimate of drug-likeness (QED) is 0.920. The zero-order valence-electron chi connectivity index (χ0n) is 12.7. The Kier molecular flexibility index (Phi) is 4.06. The number of ether oxygens (including phenoxy) is 2. The molecule has 5 nitrogen and oxygen atoms in total. The number of carbonyl (C=O) groups excluding carboxylic acids is 1. The molecule has 0 bridgehead atoms. The smallest absolute Gasteiger partial charge is 0.249 e. The largest absolute Gasteiger partial charge is 0.493 e. The summed E-state index contributed by atoms with van der Waals surface area (Å²) in [5, 5.41) is 3.28. The highest BCUT2D eigenvalue weighted by molar-refractivity contribution is 6.05. The van der Waals surface area contributed by atoms with Crippen LogP contribution >= 0.6 is 0 Å². The lowest BCUT2D eigenvalue weighted by Gasteiger charge is -2.38. The van der Waals surface area contributed by atoms with E-state index in [-0.39, 0.29) is 18.0 Å². The molecule has 0 fully saturated rings. The van der Waals surface area contributed by atoms with E-state index < -0.39 is 0 Å². The van der Waals surface area contributed by atoms with Crippen molar-refractivity contribution in [3.8, 4) is 11.5 Å². The summed E-state index contributed by atoms with van der Waals surface area (Å²) in [4.78, 5) is 14.3. The summed E-state index contributed by atoms with van der Waals surface area (Å²) >= 11 is 0. The number of nitrogens with zero attached hydrogens (tertiary/aromatic N) is 1. The molecule has 0 aliphatic carbocycles. The van der Waals surface area contributed by atoms with Crippen LogP contribution in [0.15, 0.2) is 12.1 Å². The number of carbonyl (C=O) groups is 1. The Bertz CT molecular complexity index is 514. The maximum absolute atomic E-state index is 12.5. The van der Waals surface area contributed by atoms with Crippen LogP contribution < -0.4 is 19.7 Å². The van der Waals surface area contributed by atoms with Crippen molar-refractivity contribution in [1.29, 1.82) is 0 Å². The molecule has 20 heavy (non-hydrogen) atoms. The van der Waals surface area contributed by atoms with Crippen molar-refractivity contribution in [2.75, 3.05) is 24.4 Å². The first-order valence-corrected chi connectivity index (χ1v) is 6.89. The van der Waals surface area contributed by atoms with Gasteiger partial charge in [0.05, 0.1) is 25.6 Å². The Labute approximate surface area is 119 Å². The average molecular weight is 278 g/mol. The van der Waals surface area contributed by atoms with Crippen molar-refractivity contribution in [2.45, 2.75) is 39.3 Å². The third kappa shape index (κ3) is 2.28. The van der Waals surface area contributed by atoms with E-state index >= 15 is 0 Å². The Hall–Kier alpha value is -1.91. The third-order valence-corrected chi connectivity index (χ3v) is 3.55. The molecule has 1 atom stereocenters. The van der Waals surface area contributed by atoms with Crippen molar-refractivity contribution in [3.63, 3.8) is 0 Å². The summed E-state index contributed by atoms with van der Waals surface area (Å²) in [6.45, 7) is 6.02. The standard InChI is InChI=1S/C15H22N2O3/c1-6-10-15(18)17(9(2)3)12-8-14(20-5)13(19-4)7-11(12)16-10/h7-10,16H,6H2,1-5H3. The second-order valence-electron chi connectivity index (χ2n) is 5.13. The highest BCUT2D eigenvalue weighted by Gasteiger charge is 2.34. The molecule has 1 aromatic rings. The van der Waals surface area contributed by atoms with Gasteiger partial charge in [0, 0.05) is 18.2 Å². The monoisotopic (exact) mass is 278 g/mol. The van der Waals surface area contributed by atoms with Gasteiger partial charge < -0.3 is 19.7 Å². The number of fused-ring (bicyclic) bond motifs is 1. The number of hydrogen-bond acceptors (Lipinski definition) is 4. The van der Waals surface area contributed by atoms with Crippen molar-refractivity contribution >= 4 is 17.3 Å². The minimum Gasteiger partial charge on any atom is -0.493 e. The molecule has 1 aliphatic heterocycles. The summed E-state index contributed by atoms with van der Waals surface area (Å²) in [6, 6.07) is 3.64. The molecular weight excluding hydrogens is 256 g/mol. The molecule has 2 rings (SSSR count). The van der Waals surface area contributed by atoms with E-state index in [0.29, 0.717) is 11.5 Å². The molecule has 1 amide bonds. The summed E-state index contributed by atoms with van der Waals surface area (Å²) in [6.07, 6.45) is 0.746. The topological polar surface area (TPSA) is 50.8 Å². The molecule has 1 N–H and O–H groups in total. The van der Waals surface area contributed by atoms with Crippen LogP contribution in [0.25, 0.3) is 0 Å². The van der Waals surface area contributed by atoms with Gasteiger partial charge in [0.1, 0.15) is 6.04 Å². The summed E-state index contributed by atoms with van der Waals surface area (Å²) in [5.74, 6) is 1.38. The summed E-state index contributed by atoms with van der Waals surface area (Å²) in [5.41, 5.74) is 1.75. The Morgan fingerprint density at radius 2 is 1.85 bits per heavy atom. The van der Waals surface area contributed by atoms with Crippen molar-refractivity contribution in [1.82, 2.24) is 0 Å². The fraction of sp³-hybridized carbons (Fsp3) is 0.533. The van der Waals surface area contributed by atoms with Gasteiger partial charge in [0.25, 0.3) is 0 Å². The second kappa shape index (κ2) is 5.61. The molecule has 1 aromatic carbocycles. The van der Waals surface area contributed by atoms with Gasteiger partial charge >= 0.3 is 0 Å². The lowest BCUT2D eigenvalue weighted by atomic mass is 10.0. The van der Waals surface area contributed by atoms with Crippen molar-refractivity contribution in [2.24, 2.45) is 0 Å². The van der Waals surface area contributed by atoms with Crippen LogP contribution in [0.5, 0.6) is 11.5 Å². The van der Waals surface area contributed by atoms with Crippen LogP contribution in [0.3, 0.4) is 0 Å². The minimum absolute atomic E-state index is 0.0931. The van der Waals surface area contributed by atoms with Gasteiger partial charge in [0.15, 0.2) is 11.5 Å². The van der Waals surface area contributed by atoms with E-state index in [0.717, 1.165) is 17.8 Å². The molecular formula is C15H22N2O3. The van der Waals surface area contributed by atoms with Crippen molar-refractivity contribution < 1.29 is 14.3 Å². The number of nitrogens with one attached hydrogen (secondary N) is 1. The summed E-state index contributed by atoms with van der Waals surface area (Å²) in [7, 11) is 3.20. The molecule has 0 aromatic heterocycles. The zero-order valence-corrected chi connectivity index (χ0v) is 12.7. The lowest BCUT2D eigenvalue weighted by Crippen LogP contribution is -2.49.